The molecule has 6 rings (SSSR count). The molecule has 7 heteroatoms. The summed E-state index contributed by atoms with van der Waals surface area (Å²) < 4.78 is 6.40. The topological polar surface area (TPSA) is 87.7 Å². The zero-order valence-electron chi connectivity index (χ0n) is 15.9. The number of fused-ring (bicyclic) bond motifs is 3. The third-order valence-corrected chi connectivity index (χ3v) is 8.37. The molecule has 5 aliphatic rings. The Morgan fingerprint density at radius 2 is 2.18 bits per heavy atom. The van der Waals surface area contributed by atoms with Gasteiger partial charge in [-0.3, -0.25) is 9.59 Å². The van der Waals surface area contributed by atoms with Crippen molar-refractivity contribution >= 4 is 23.6 Å². The van der Waals surface area contributed by atoms with E-state index in [4.69, 9.17) is 4.74 Å². The van der Waals surface area contributed by atoms with Crippen molar-refractivity contribution in [3.05, 3.63) is 29.8 Å². The summed E-state index contributed by atoms with van der Waals surface area (Å²) in [5, 5.41) is 16.3. The summed E-state index contributed by atoms with van der Waals surface area (Å²) in [6, 6.07) is 7.19. The normalized spacial score (nSPS) is 41.3. The Balaban J connectivity index is 1.38. The zero-order valence-corrected chi connectivity index (χ0v) is 16.8. The molecule has 2 amide bonds. The molecule has 28 heavy (non-hydrogen) atoms. The predicted octanol–water partition coefficient (Wildman–Crippen LogP) is 1.92. The van der Waals surface area contributed by atoms with Crippen LogP contribution in [0.2, 0.25) is 0 Å². The maximum atomic E-state index is 13.1. The number of aliphatic hydroxyl groups excluding tert-OH is 1. The number of amides is 2. The Labute approximate surface area is 168 Å². The van der Waals surface area contributed by atoms with Crippen LogP contribution in [0.15, 0.2) is 24.3 Å². The van der Waals surface area contributed by atoms with Gasteiger partial charge in [0.05, 0.1) is 17.7 Å². The van der Waals surface area contributed by atoms with Crippen LogP contribution < -0.4 is 15.4 Å². The maximum Gasteiger partial charge on any atom is 0.258 e. The molecule has 1 spiro atoms. The Bertz CT molecular complexity index is 832. The molecule has 6 atom stereocenters. The van der Waals surface area contributed by atoms with Gasteiger partial charge in [-0.05, 0) is 36.8 Å². The molecule has 2 heterocycles. The van der Waals surface area contributed by atoms with Crippen LogP contribution in [0, 0.1) is 17.3 Å². The van der Waals surface area contributed by atoms with Crippen LogP contribution in [0.1, 0.15) is 43.0 Å². The van der Waals surface area contributed by atoms with Gasteiger partial charge in [0, 0.05) is 29.8 Å². The quantitative estimate of drug-likeness (QED) is 0.704. The number of thioether (sulfide) groups is 1. The third kappa shape index (κ3) is 2.74. The number of aliphatic hydroxyl groups is 1. The van der Waals surface area contributed by atoms with Gasteiger partial charge in [0.2, 0.25) is 5.91 Å². The van der Waals surface area contributed by atoms with Crippen molar-refractivity contribution < 1.29 is 19.4 Å². The lowest BCUT2D eigenvalue weighted by atomic mass is 9.52. The van der Waals surface area contributed by atoms with E-state index in [1.807, 2.05) is 18.2 Å². The molecule has 6 unspecified atom stereocenters. The predicted molar refractivity (Wildman–Crippen MR) is 106 cm³/mol. The highest BCUT2D eigenvalue weighted by Crippen LogP contribution is 2.58. The van der Waals surface area contributed by atoms with Crippen molar-refractivity contribution in [3.63, 3.8) is 0 Å². The number of hydrogen-bond acceptors (Lipinski definition) is 5. The minimum Gasteiger partial charge on any atom is -0.467 e. The van der Waals surface area contributed by atoms with E-state index >= 15 is 0 Å². The van der Waals surface area contributed by atoms with Gasteiger partial charge in [0.15, 0.2) is 5.72 Å². The van der Waals surface area contributed by atoms with Gasteiger partial charge in [0.25, 0.3) is 5.91 Å². The van der Waals surface area contributed by atoms with E-state index in [1.54, 1.807) is 17.8 Å². The van der Waals surface area contributed by atoms with E-state index in [0.717, 1.165) is 18.6 Å². The molecule has 3 N–H and O–H groups in total. The summed E-state index contributed by atoms with van der Waals surface area (Å²) in [7, 11) is 0. The van der Waals surface area contributed by atoms with E-state index in [-0.39, 0.29) is 35.1 Å². The van der Waals surface area contributed by atoms with Crippen LogP contribution in [0.25, 0.3) is 0 Å². The average Bonchev–Trinajstić information content (AvgIpc) is 3.06. The molecular weight excluding hydrogens is 376 g/mol. The van der Waals surface area contributed by atoms with E-state index < -0.39 is 11.8 Å². The van der Waals surface area contributed by atoms with Gasteiger partial charge in [0.1, 0.15) is 5.75 Å². The fourth-order valence-corrected chi connectivity index (χ4v) is 6.79. The molecule has 3 saturated carbocycles. The van der Waals surface area contributed by atoms with Gasteiger partial charge in [-0.2, -0.15) is 11.8 Å². The number of carbonyl (C=O) groups is 2. The summed E-state index contributed by atoms with van der Waals surface area (Å²) in [4.78, 5) is 25.8. The van der Waals surface area contributed by atoms with Crippen LogP contribution in [0.3, 0.4) is 0 Å². The highest BCUT2D eigenvalue weighted by atomic mass is 32.2. The summed E-state index contributed by atoms with van der Waals surface area (Å²) in [6.45, 7) is 2.14. The number of nitrogens with one attached hydrogen (secondary N) is 2. The lowest BCUT2D eigenvalue weighted by molar-refractivity contribution is -0.168. The molecule has 1 aromatic rings. The Kier molecular flexibility index (Phi) is 4.18. The van der Waals surface area contributed by atoms with Gasteiger partial charge in [-0.1, -0.05) is 19.1 Å². The minimum atomic E-state index is -0.724. The van der Waals surface area contributed by atoms with Gasteiger partial charge in [-0.15, -0.1) is 0 Å². The van der Waals surface area contributed by atoms with E-state index in [9.17, 15) is 14.7 Å². The molecule has 2 aliphatic heterocycles. The van der Waals surface area contributed by atoms with Crippen LogP contribution in [0.4, 0.5) is 0 Å². The van der Waals surface area contributed by atoms with Crippen LogP contribution in [-0.2, 0) is 4.79 Å². The standard InChI is InChI=1S/C21H26N2O4S/c1-20-7-6-12(8-14(20)19(26)22-15-9-28-10-16(15)24)21(11-20)23-18(25)13-4-2-3-5-17(13)27-21/h2-5,12,14-16,24H,6-11H2,1H3,(H,22,26)(H,23,25). The largest absolute Gasteiger partial charge is 0.467 e. The van der Waals surface area contributed by atoms with Crippen molar-refractivity contribution in [2.45, 2.75) is 50.5 Å². The van der Waals surface area contributed by atoms with Crippen molar-refractivity contribution in [2.75, 3.05) is 11.5 Å². The zero-order chi connectivity index (χ0) is 19.5. The van der Waals surface area contributed by atoms with Crippen molar-refractivity contribution in [1.29, 1.82) is 0 Å². The summed E-state index contributed by atoms with van der Waals surface area (Å²) in [5.74, 6) is 2.01. The molecule has 150 valence electrons. The lowest BCUT2D eigenvalue weighted by Crippen LogP contribution is -2.69. The lowest BCUT2D eigenvalue weighted by Gasteiger charge is -2.59. The third-order valence-electron chi connectivity index (χ3n) is 7.19. The summed E-state index contributed by atoms with van der Waals surface area (Å²) in [6.07, 6.45) is 2.74. The number of hydrogen-bond donors (Lipinski definition) is 3. The van der Waals surface area contributed by atoms with E-state index in [2.05, 4.69) is 17.6 Å². The van der Waals surface area contributed by atoms with Crippen molar-refractivity contribution in [1.82, 2.24) is 10.6 Å². The van der Waals surface area contributed by atoms with Crippen LogP contribution >= 0.6 is 11.8 Å². The van der Waals surface area contributed by atoms with Gasteiger partial charge in [-0.25, -0.2) is 0 Å². The monoisotopic (exact) mass is 402 g/mol. The first-order valence-electron chi connectivity index (χ1n) is 10.1. The molecule has 4 fully saturated rings. The highest BCUT2D eigenvalue weighted by molar-refractivity contribution is 7.99. The number of benzene rings is 1. The molecule has 2 bridgehead atoms. The van der Waals surface area contributed by atoms with Gasteiger partial charge < -0.3 is 20.5 Å². The fourth-order valence-electron chi connectivity index (χ4n) is 5.62. The van der Waals surface area contributed by atoms with E-state index in [0.29, 0.717) is 29.9 Å². The van der Waals surface area contributed by atoms with Crippen molar-refractivity contribution in [2.24, 2.45) is 17.3 Å². The smallest absolute Gasteiger partial charge is 0.258 e. The molecule has 1 saturated heterocycles. The van der Waals surface area contributed by atoms with Crippen LogP contribution in [-0.4, -0.2) is 46.3 Å². The molecule has 0 aromatic heterocycles. The minimum absolute atomic E-state index is 0.0381. The first kappa shape index (κ1) is 18.3. The number of para-hydroxylation sites is 1. The second-order valence-corrected chi connectivity index (χ2v) is 10.1. The summed E-state index contributed by atoms with van der Waals surface area (Å²) >= 11 is 1.67. The first-order valence-corrected chi connectivity index (χ1v) is 11.2. The molecular formula is C21H26N2O4S. The molecule has 3 aliphatic carbocycles. The maximum absolute atomic E-state index is 13.1. The Hall–Kier alpha value is -1.73. The van der Waals surface area contributed by atoms with Crippen molar-refractivity contribution in [3.8, 4) is 5.75 Å². The average molecular weight is 403 g/mol. The second-order valence-electron chi connectivity index (χ2n) is 9.02. The molecule has 1 aromatic carbocycles. The number of ether oxygens (including phenoxy) is 1. The second kappa shape index (κ2) is 6.39. The Morgan fingerprint density at radius 3 is 2.93 bits per heavy atom. The molecule has 0 radical (unpaired) electrons. The highest BCUT2D eigenvalue weighted by Gasteiger charge is 2.62. The van der Waals surface area contributed by atoms with E-state index in [1.165, 1.54) is 0 Å². The number of rotatable bonds is 2. The van der Waals surface area contributed by atoms with Crippen LogP contribution in [0.5, 0.6) is 5.75 Å². The SMILES string of the molecule is CC12CCC(CC1C(=O)NC1CSCC1O)C1(C2)NC(=O)c2ccccc2O1. The fraction of sp³-hybridized carbons (Fsp3) is 0.619. The Morgan fingerprint density at radius 1 is 1.36 bits per heavy atom. The number of carbonyl (C=O) groups excluding carboxylic acids is 2. The summed E-state index contributed by atoms with van der Waals surface area (Å²) in [5.41, 5.74) is -0.394. The van der Waals surface area contributed by atoms with Gasteiger partial charge >= 0.3 is 0 Å². The molecule has 6 nitrogen and oxygen atoms in total. The first-order chi connectivity index (χ1) is 13.4.